The molecule has 0 unspecified atom stereocenters. The van der Waals surface area contributed by atoms with E-state index in [0.717, 1.165) is 22.6 Å². The SMILES string of the molecule is Cc1ccc(NC(=O)CCc2nc(CSc3n[nH]c(C)n3)no2)c(C)c1. The van der Waals surface area contributed by atoms with Crippen molar-refractivity contribution in [3.05, 3.63) is 46.9 Å². The standard InChI is InChI=1S/C17H20N6O2S/c1-10-4-5-13(11(2)8-10)19-15(24)6-7-16-20-14(23-25-16)9-26-17-18-12(3)21-22-17/h4-5,8H,6-7,9H2,1-3H3,(H,19,24)(H,18,21,22). The van der Waals surface area contributed by atoms with Crippen molar-refractivity contribution in [1.82, 2.24) is 25.3 Å². The van der Waals surface area contributed by atoms with E-state index in [2.05, 4.69) is 30.6 Å². The molecular formula is C17H20N6O2S. The predicted molar refractivity (Wildman–Crippen MR) is 97.8 cm³/mol. The number of nitrogens with zero attached hydrogens (tertiary/aromatic N) is 4. The largest absolute Gasteiger partial charge is 0.339 e. The van der Waals surface area contributed by atoms with Gasteiger partial charge in [0, 0.05) is 18.5 Å². The van der Waals surface area contributed by atoms with Crippen LogP contribution in [0.2, 0.25) is 0 Å². The summed E-state index contributed by atoms with van der Waals surface area (Å²) in [6.07, 6.45) is 0.677. The summed E-state index contributed by atoms with van der Waals surface area (Å²) in [6, 6.07) is 5.92. The third-order valence-corrected chi connectivity index (χ3v) is 4.48. The van der Waals surface area contributed by atoms with Crippen molar-refractivity contribution in [1.29, 1.82) is 0 Å². The lowest BCUT2D eigenvalue weighted by atomic mass is 10.1. The summed E-state index contributed by atoms with van der Waals surface area (Å²) in [6.45, 7) is 5.83. The first-order chi connectivity index (χ1) is 12.5. The maximum Gasteiger partial charge on any atom is 0.227 e. The molecule has 2 aromatic heterocycles. The lowest BCUT2D eigenvalue weighted by molar-refractivity contribution is -0.116. The number of carbonyl (C=O) groups excluding carboxylic acids is 1. The summed E-state index contributed by atoms with van der Waals surface area (Å²) in [4.78, 5) is 20.6. The topological polar surface area (TPSA) is 110 Å². The van der Waals surface area contributed by atoms with Gasteiger partial charge in [0.25, 0.3) is 0 Å². The second kappa shape index (κ2) is 8.13. The van der Waals surface area contributed by atoms with E-state index in [4.69, 9.17) is 4.52 Å². The Morgan fingerprint density at radius 3 is 2.85 bits per heavy atom. The van der Waals surface area contributed by atoms with E-state index in [1.165, 1.54) is 11.8 Å². The van der Waals surface area contributed by atoms with Gasteiger partial charge >= 0.3 is 0 Å². The highest BCUT2D eigenvalue weighted by Crippen LogP contribution is 2.18. The summed E-state index contributed by atoms with van der Waals surface area (Å²) >= 11 is 1.42. The molecule has 0 radical (unpaired) electrons. The highest BCUT2D eigenvalue weighted by Gasteiger charge is 2.11. The minimum atomic E-state index is -0.0812. The number of H-pyrrole nitrogens is 1. The van der Waals surface area contributed by atoms with E-state index >= 15 is 0 Å². The average molecular weight is 372 g/mol. The Hall–Kier alpha value is -2.68. The smallest absolute Gasteiger partial charge is 0.227 e. The number of aryl methyl sites for hydroxylation is 4. The van der Waals surface area contributed by atoms with Gasteiger partial charge in [-0.05, 0) is 32.4 Å². The molecule has 0 atom stereocenters. The molecule has 9 heteroatoms. The summed E-state index contributed by atoms with van der Waals surface area (Å²) < 4.78 is 5.20. The molecule has 1 aromatic carbocycles. The molecule has 136 valence electrons. The second-order valence-electron chi connectivity index (χ2n) is 5.96. The average Bonchev–Trinajstić information content (AvgIpc) is 3.22. The van der Waals surface area contributed by atoms with Gasteiger partial charge < -0.3 is 9.84 Å². The highest BCUT2D eigenvalue weighted by molar-refractivity contribution is 7.98. The van der Waals surface area contributed by atoms with Gasteiger partial charge in [0.15, 0.2) is 5.82 Å². The van der Waals surface area contributed by atoms with Gasteiger partial charge in [0.1, 0.15) is 5.82 Å². The maximum atomic E-state index is 12.1. The lowest BCUT2D eigenvalue weighted by Crippen LogP contribution is -2.13. The molecule has 1 amide bonds. The molecule has 0 aliphatic carbocycles. The number of benzene rings is 1. The molecule has 0 aliphatic rings. The molecular weight excluding hydrogens is 352 g/mol. The highest BCUT2D eigenvalue weighted by atomic mass is 32.2. The number of nitrogens with one attached hydrogen (secondary N) is 2. The first kappa shape index (κ1) is 18.1. The molecule has 2 heterocycles. The molecule has 2 N–H and O–H groups in total. The van der Waals surface area contributed by atoms with Crippen molar-refractivity contribution in [2.45, 2.75) is 44.5 Å². The van der Waals surface area contributed by atoms with Crippen LogP contribution < -0.4 is 5.32 Å². The minimum absolute atomic E-state index is 0.0812. The van der Waals surface area contributed by atoms with Gasteiger partial charge in [-0.2, -0.15) is 4.98 Å². The van der Waals surface area contributed by atoms with E-state index in [1.807, 2.05) is 39.0 Å². The normalized spacial score (nSPS) is 10.9. The molecule has 0 spiro atoms. The van der Waals surface area contributed by atoms with E-state index in [0.29, 0.717) is 29.0 Å². The second-order valence-corrected chi connectivity index (χ2v) is 6.91. The van der Waals surface area contributed by atoms with E-state index < -0.39 is 0 Å². The van der Waals surface area contributed by atoms with Crippen molar-refractivity contribution in [3.63, 3.8) is 0 Å². The molecule has 3 rings (SSSR count). The van der Waals surface area contributed by atoms with Crippen LogP contribution in [0, 0.1) is 20.8 Å². The van der Waals surface area contributed by atoms with E-state index in [9.17, 15) is 4.79 Å². The van der Waals surface area contributed by atoms with Crippen molar-refractivity contribution < 1.29 is 9.32 Å². The predicted octanol–water partition coefficient (Wildman–Crippen LogP) is 2.98. The monoisotopic (exact) mass is 372 g/mol. The minimum Gasteiger partial charge on any atom is -0.339 e. The van der Waals surface area contributed by atoms with Gasteiger partial charge in [-0.3, -0.25) is 9.89 Å². The van der Waals surface area contributed by atoms with Crippen LogP contribution in [0.4, 0.5) is 5.69 Å². The van der Waals surface area contributed by atoms with Crippen LogP contribution in [0.15, 0.2) is 27.9 Å². The molecule has 26 heavy (non-hydrogen) atoms. The van der Waals surface area contributed by atoms with Crippen LogP contribution in [-0.2, 0) is 17.0 Å². The fourth-order valence-electron chi connectivity index (χ4n) is 2.35. The van der Waals surface area contributed by atoms with Crippen molar-refractivity contribution >= 4 is 23.4 Å². The lowest BCUT2D eigenvalue weighted by Gasteiger charge is -2.08. The number of rotatable bonds is 7. The summed E-state index contributed by atoms with van der Waals surface area (Å²) in [5.74, 6) is 2.19. The van der Waals surface area contributed by atoms with Crippen molar-refractivity contribution in [2.75, 3.05) is 5.32 Å². The quantitative estimate of drug-likeness (QED) is 0.614. The molecule has 0 bridgehead atoms. The number of amides is 1. The number of hydrogen-bond acceptors (Lipinski definition) is 7. The molecule has 3 aromatic rings. The molecule has 0 fully saturated rings. The Bertz CT molecular complexity index is 904. The number of hydrogen-bond donors (Lipinski definition) is 2. The van der Waals surface area contributed by atoms with Crippen molar-refractivity contribution in [3.8, 4) is 0 Å². The van der Waals surface area contributed by atoms with Gasteiger partial charge in [0.2, 0.25) is 17.0 Å². The Morgan fingerprint density at radius 1 is 1.27 bits per heavy atom. The number of anilines is 1. The summed E-state index contributed by atoms with van der Waals surface area (Å²) in [5.41, 5.74) is 3.03. The summed E-state index contributed by atoms with van der Waals surface area (Å²) in [5, 5.41) is 14.3. The fourth-order valence-corrected chi connectivity index (χ4v) is 3.04. The van der Waals surface area contributed by atoms with Crippen molar-refractivity contribution in [2.24, 2.45) is 0 Å². The van der Waals surface area contributed by atoms with E-state index in [-0.39, 0.29) is 12.3 Å². The molecule has 0 aliphatic heterocycles. The first-order valence-corrected chi connectivity index (χ1v) is 9.18. The van der Waals surface area contributed by atoms with Crippen LogP contribution in [0.3, 0.4) is 0 Å². The first-order valence-electron chi connectivity index (χ1n) is 8.20. The third kappa shape index (κ3) is 4.92. The molecule has 8 nitrogen and oxygen atoms in total. The molecule has 0 saturated carbocycles. The van der Waals surface area contributed by atoms with Crippen LogP contribution >= 0.6 is 11.8 Å². The Balaban J connectivity index is 1.47. The number of thioether (sulfide) groups is 1. The zero-order valence-electron chi connectivity index (χ0n) is 14.9. The van der Waals surface area contributed by atoms with Gasteiger partial charge in [-0.1, -0.05) is 34.6 Å². The Morgan fingerprint density at radius 2 is 2.12 bits per heavy atom. The Kier molecular flexibility index (Phi) is 5.67. The zero-order chi connectivity index (χ0) is 18.5. The third-order valence-electron chi connectivity index (χ3n) is 3.64. The number of aromatic amines is 1. The van der Waals surface area contributed by atoms with Crippen LogP contribution in [0.1, 0.15) is 35.1 Å². The molecule has 0 saturated heterocycles. The van der Waals surface area contributed by atoms with Gasteiger partial charge in [0.05, 0.1) is 5.75 Å². The summed E-state index contributed by atoms with van der Waals surface area (Å²) in [7, 11) is 0. The van der Waals surface area contributed by atoms with Gasteiger partial charge in [-0.15, -0.1) is 5.10 Å². The number of carbonyl (C=O) groups is 1. The maximum absolute atomic E-state index is 12.1. The van der Waals surface area contributed by atoms with E-state index in [1.54, 1.807) is 0 Å². The fraction of sp³-hybridized carbons (Fsp3) is 0.353. The van der Waals surface area contributed by atoms with Crippen LogP contribution in [-0.4, -0.2) is 31.2 Å². The zero-order valence-corrected chi connectivity index (χ0v) is 15.7. The van der Waals surface area contributed by atoms with Crippen LogP contribution in [0.5, 0.6) is 0 Å². The Labute approximate surface area is 155 Å². The number of aromatic nitrogens is 5. The van der Waals surface area contributed by atoms with Gasteiger partial charge in [-0.25, -0.2) is 4.98 Å². The van der Waals surface area contributed by atoms with Crippen LogP contribution in [0.25, 0.3) is 0 Å².